The number of ether oxygens (including phenoxy) is 2. The fourth-order valence-electron chi connectivity index (χ4n) is 2.12. The largest absolute Gasteiger partial charge is 0.482 e. The van der Waals surface area contributed by atoms with Crippen molar-refractivity contribution >= 4 is 44.3 Å². The Hall–Kier alpha value is -2.04. The van der Waals surface area contributed by atoms with Crippen LogP contribution >= 0.6 is 27.5 Å². The number of benzene rings is 3. The summed E-state index contributed by atoms with van der Waals surface area (Å²) in [6.07, 6.45) is 0. The number of carbonyl (C=O) groups excluding carboxylic acids is 1. The van der Waals surface area contributed by atoms with Gasteiger partial charge in [0.25, 0.3) is 0 Å². The van der Waals surface area contributed by atoms with E-state index in [4.69, 9.17) is 21.1 Å². The van der Waals surface area contributed by atoms with Gasteiger partial charge in [0.2, 0.25) is 0 Å². The molecule has 0 heterocycles. The van der Waals surface area contributed by atoms with Gasteiger partial charge in [-0.3, -0.25) is 0 Å². The van der Waals surface area contributed by atoms with Crippen LogP contribution in [-0.4, -0.2) is 12.6 Å². The molecule has 116 valence electrons. The first kappa shape index (κ1) is 15.8. The molecule has 0 aliphatic carbocycles. The maximum atomic E-state index is 11.9. The lowest BCUT2D eigenvalue weighted by Crippen LogP contribution is -2.17. The molecule has 23 heavy (non-hydrogen) atoms. The lowest BCUT2D eigenvalue weighted by Gasteiger charge is -2.10. The van der Waals surface area contributed by atoms with Crippen LogP contribution in [0.1, 0.15) is 0 Å². The first-order valence-corrected chi connectivity index (χ1v) is 8.07. The molecule has 0 unspecified atom stereocenters. The highest BCUT2D eigenvalue weighted by molar-refractivity contribution is 9.10. The summed E-state index contributed by atoms with van der Waals surface area (Å²) in [5, 5.41) is 2.66. The fourth-order valence-corrected chi connectivity index (χ4v) is 2.82. The number of esters is 1. The van der Waals surface area contributed by atoms with Crippen LogP contribution in [0.5, 0.6) is 11.5 Å². The van der Waals surface area contributed by atoms with Gasteiger partial charge in [-0.1, -0.05) is 41.9 Å². The Morgan fingerprint density at radius 1 is 1.00 bits per heavy atom. The second-order valence-corrected chi connectivity index (χ2v) is 6.04. The Morgan fingerprint density at radius 3 is 2.52 bits per heavy atom. The van der Waals surface area contributed by atoms with Crippen LogP contribution in [-0.2, 0) is 4.79 Å². The Labute approximate surface area is 146 Å². The van der Waals surface area contributed by atoms with Crippen LogP contribution in [0.15, 0.2) is 65.1 Å². The maximum absolute atomic E-state index is 11.9. The second-order valence-electron chi connectivity index (χ2n) is 4.82. The van der Waals surface area contributed by atoms with E-state index in [-0.39, 0.29) is 6.61 Å². The minimum atomic E-state index is -0.476. The molecule has 0 aliphatic rings. The molecule has 0 fully saturated rings. The number of hydrogen-bond acceptors (Lipinski definition) is 3. The standard InChI is InChI=1S/C18H12BrClO3/c19-18-15-4-2-1-3-12(15)5-10-16(18)23-17(21)11-22-14-8-6-13(20)7-9-14/h1-10H,11H2. The van der Waals surface area contributed by atoms with Crippen molar-refractivity contribution in [3.63, 3.8) is 0 Å². The van der Waals surface area contributed by atoms with E-state index in [1.807, 2.05) is 30.3 Å². The summed E-state index contributed by atoms with van der Waals surface area (Å²) < 4.78 is 11.5. The van der Waals surface area contributed by atoms with E-state index in [1.54, 1.807) is 30.3 Å². The highest BCUT2D eigenvalue weighted by Gasteiger charge is 2.11. The fraction of sp³-hybridized carbons (Fsp3) is 0.0556. The summed E-state index contributed by atoms with van der Waals surface area (Å²) in [5.74, 6) is 0.549. The predicted molar refractivity (Wildman–Crippen MR) is 94.2 cm³/mol. The van der Waals surface area contributed by atoms with Crippen molar-refractivity contribution < 1.29 is 14.3 Å². The van der Waals surface area contributed by atoms with E-state index in [1.165, 1.54) is 0 Å². The molecule has 3 aromatic carbocycles. The second kappa shape index (κ2) is 7.02. The SMILES string of the molecule is O=C(COc1ccc(Cl)cc1)Oc1ccc2ccccc2c1Br. The number of halogens is 2. The predicted octanol–water partition coefficient (Wildman–Crippen LogP) is 5.24. The number of rotatable bonds is 4. The normalized spacial score (nSPS) is 10.5. The number of fused-ring (bicyclic) bond motifs is 1. The molecule has 0 saturated carbocycles. The summed E-state index contributed by atoms with van der Waals surface area (Å²) in [6.45, 7) is -0.180. The summed E-state index contributed by atoms with van der Waals surface area (Å²) in [5.41, 5.74) is 0. The highest BCUT2D eigenvalue weighted by atomic mass is 79.9. The number of hydrogen-bond donors (Lipinski definition) is 0. The van der Waals surface area contributed by atoms with Gasteiger partial charge in [-0.15, -0.1) is 0 Å². The average molecular weight is 392 g/mol. The Morgan fingerprint density at radius 2 is 1.74 bits per heavy atom. The third kappa shape index (κ3) is 3.84. The lowest BCUT2D eigenvalue weighted by molar-refractivity contribution is -0.136. The Bertz CT molecular complexity index is 847. The first-order valence-electron chi connectivity index (χ1n) is 6.90. The monoisotopic (exact) mass is 390 g/mol. The van der Waals surface area contributed by atoms with Gasteiger partial charge >= 0.3 is 5.97 Å². The molecule has 0 atom stereocenters. The molecule has 3 nitrogen and oxygen atoms in total. The third-order valence-electron chi connectivity index (χ3n) is 3.22. The van der Waals surface area contributed by atoms with Crippen molar-refractivity contribution in [2.24, 2.45) is 0 Å². The molecule has 0 aromatic heterocycles. The van der Waals surface area contributed by atoms with E-state index >= 15 is 0 Å². The molecule has 5 heteroatoms. The molecule has 0 spiro atoms. The van der Waals surface area contributed by atoms with Crippen LogP contribution in [0.4, 0.5) is 0 Å². The molecule has 3 aromatic rings. The molecule has 3 rings (SSSR count). The molecule has 0 radical (unpaired) electrons. The zero-order valence-electron chi connectivity index (χ0n) is 12.0. The minimum absolute atomic E-state index is 0.180. The summed E-state index contributed by atoms with van der Waals surface area (Å²) in [7, 11) is 0. The summed E-state index contributed by atoms with van der Waals surface area (Å²) in [6, 6.07) is 18.3. The smallest absolute Gasteiger partial charge is 0.349 e. The van der Waals surface area contributed by atoms with Gasteiger partial charge in [-0.05, 0) is 57.0 Å². The van der Waals surface area contributed by atoms with E-state index in [2.05, 4.69) is 15.9 Å². The van der Waals surface area contributed by atoms with Gasteiger partial charge in [0, 0.05) is 5.02 Å². The van der Waals surface area contributed by atoms with E-state index in [9.17, 15) is 4.79 Å². The summed E-state index contributed by atoms with van der Waals surface area (Å²) >= 11 is 9.28. The highest BCUT2D eigenvalue weighted by Crippen LogP contribution is 2.33. The van der Waals surface area contributed by atoms with Crippen molar-refractivity contribution in [1.29, 1.82) is 0 Å². The molecule has 0 aliphatic heterocycles. The van der Waals surface area contributed by atoms with Gasteiger partial charge in [0.15, 0.2) is 6.61 Å². The van der Waals surface area contributed by atoms with Gasteiger partial charge in [-0.2, -0.15) is 0 Å². The molecule has 0 bridgehead atoms. The minimum Gasteiger partial charge on any atom is -0.482 e. The Kier molecular flexibility index (Phi) is 4.84. The molecule has 0 saturated heterocycles. The quantitative estimate of drug-likeness (QED) is 0.451. The van der Waals surface area contributed by atoms with Gasteiger partial charge in [-0.25, -0.2) is 4.79 Å². The van der Waals surface area contributed by atoms with Crippen LogP contribution in [0.25, 0.3) is 10.8 Å². The third-order valence-corrected chi connectivity index (χ3v) is 4.29. The van der Waals surface area contributed by atoms with E-state index in [0.29, 0.717) is 16.5 Å². The zero-order valence-corrected chi connectivity index (χ0v) is 14.3. The zero-order chi connectivity index (χ0) is 16.2. The average Bonchev–Trinajstić information content (AvgIpc) is 2.57. The molecular weight excluding hydrogens is 380 g/mol. The molecule has 0 amide bonds. The maximum Gasteiger partial charge on any atom is 0.349 e. The van der Waals surface area contributed by atoms with Crippen molar-refractivity contribution in [2.45, 2.75) is 0 Å². The summed E-state index contributed by atoms with van der Waals surface area (Å²) in [4.78, 5) is 11.9. The van der Waals surface area contributed by atoms with Crippen LogP contribution in [0.3, 0.4) is 0 Å². The van der Waals surface area contributed by atoms with Crippen molar-refractivity contribution in [1.82, 2.24) is 0 Å². The van der Waals surface area contributed by atoms with Gasteiger partial charge in [0.1, 0.15) is 11.5 Å². The van der Waals surface area contributed by atoms with Crippen molar-refractivity contribution in [2.75, 3.05) is 6.61 Å². The van der Waals surface area contributed by atoms with Crippen LogP contribution in [0.2, 0.25) is 5.02 Å². The van der Waals surface area contributed by atoms with Gasteiger partial charge in [0.05, 0.1) is 4.47 Å². The lowest BCUT2D eigenvalue weighted by atomic mass is 10.1. The van der Waals surface area contributed by atoms with Crippen molar-refractivity contribution in [3.8, 4) is 11.5 Å². The van der Waals surface area contributed by atoms with Crippen LogP contribution < -0.4 is 9.47 Å². The van der Waals surface area contributed by atoms with Crippen LogP contribution in [0, 0.1) is 0 Å². The van der Waals surface area contributed by atoms with Gasteiger partial charge < -0.3 is 9.47 Å². The van der Waals surface area contributed by atoms with E-state index in [0.717, 1.165) is 15.2 Å². The first-order chi connectivity index (χ1) is 11.1. The molecule has 0 N–H and O–H groups in total. The topological polar surface area (TPSA) is 35.5 Å². The van der Waals surface area contributed by atoms with E-state index < -0.39 is 5.97 Å². The van der Waals surface area contributed by atoms with Crippen molar-refractivity contribution in [3.05, 3.63) is 70.2 Å². The Balaban J connectivity index is 1.68. The number of carbonyl (C=O) groups is 1. The molecular formula is C18H12BrClO3.